The summed E-state index contributed by atoms with van der Waals surface area (Å²) >= 11 is 0. The molecule has 1 aromatic heterocycles. The van der Waals surface area contributed by atoms with Crippen molar-refractivity contribution in [2.24, 2.45) is 0 Å². The molecule has 1 aliphatic heterocycles. The van der Waals surface area contributed by atoms with Crippen molar-refractivity contribution >= 4 is 21.5 Å². The maximum atomic E-state index is 12.4. The van der Waals surface area contributed by atoms with Gasteiger partial charge in [0.15, 0.2) is 0 Å². The number of pyridine rings is 1. The Morgan fingerprint density at radius 3 is 2.52 bits per heavy atom. The zero-order chi connectivity index (χ0) is 16.3. The van der Waals surface area contributed by atoms with E-state index in [1.54, 1.807) is 30.5 Å². The summed E-state index contributed by atoms with van der Waals surface area (Å²) in [6, 6.07) is 10.5. The standard InChI is InChI=1S/C17H21N3O2S/c1-14-6-5-7-16(12-14)23(21,22)19-15-8-9-17(18-13-15)20-10-3-2-4-11-20/h5-9,12-13,19H,2-4,10-11H2,1H3. The molecule has 1 fully saturated rings. The Morgan fingerprint density at radius 2 is 1.87 bits per heavy atom. The van der Waals surface area contributed by atoms with E-state index in [9.17, 15) is 8.42 Å². The molecule has 1 saturated heterocycles. The lowest BCUT2D eigenvalue weighted by atomic mass is 10.1. The van der Waals surface area contributed by atoms with Crippen LogP contribution in [0.5, 0.6) is 0 Å². The molecule has 0 spiro atoms. The first-order valence-electron chi connectivity index (χ1n) is 7.85. The molecule has 5 nitrogen and oxygen atoms in total. The van der Waals surface area contributed by atoms with E-state index < -0.39 is 10.0 Å². The van der Waals surface area contributed by atoms with Gasteiger partial charge in [0, 0.05) is 13.1 Å². The number of aromatic nitrogens is 1. The number of benzene rings is 1. The molecule has 2 heterocycles. The van der Waals surface area contributed by atoms with E-state index in [2.05, 4.69) is 14.6 Å². The fraction of sp³-hybridized carbons (Fsp3) is 0.353. The topological polar surface area (TPSA) is 62.3 Å². The van der Waals surface area contributed by atoms with Crippen molar-refractivity contribution < 1.29 is 8.42 Å². The second-order valence-corrected chi connectivity index (χ2v) is 7.56. The van der Waals surface area contributed by atoms with E-state index in [0.29, 0.717) is 5.69 Å². The summed E-state index contributed by atoms with van der Waals surface area (Å²) in [5.41, 5.74) is 1.39. The van der Waals surface area contributed by atoms with Crippen LogP contribution in [-0.4, -0.2) is 26.5 Å². The fourth-order valence-corrected chi connectivity index (χ4v) is 3.90. The lowest BCUT2D eigenvalue weighted by molar-refractivity contribution is 0.573. The van der Waals surface area contributed by atoms with Gasteiger partial charge in [-0.15, -0.1) is 0 Å². The van der Waals surface area contributed by atoms with Crippen LogP contribution in [0, 0.1) is 6.92 Å². The number of nitrogens with zero attached hydrogens (tertiary/aromatic N) is 2. The van der Waals surface area contributed by atoms with Gasteiger partial charge in [0.05, 0.1) is 16.8 Å². The molecule has 0 atom stereocenters. The predicted octanol–water partition coefficient (Wildman–Crippen LogP) is 3.18. The zero-order valence-corrected chi connectivity index (χ0v) is 14.0. The fourth-order valence-electron chi connectivity index (χ4n) is 2.75. The molecule has 0 bridgehead atoms. The van der Waals surface area contributed by atoms with Gasteiger partial charge in [-0.2, -0.15) is 0 Å². The number of sulfonamides is 1. The van der Waals surface area contributed by atoms with Gasteiger partial charge < -0.3 is 4.90 Å². The van der Waals surface area contributed by atoms with Crippen LogP contribution < -0.4 is 9.62 Å². The van der Waals surface area contributed by atoms with Crippen LogP contribution in [0.1, 0.15) is 24.8 Å². The van der Waals surface area contributed by atoms with Gasteiger partial charge in [0.25, 0.3) is 10.0 Å². The largest absolute Gasteiger partial charge is 0.357 e. The normalized spacial score (nSPS) is 15.4. The summed E-state index contributed by atoms with van der Waals surface area (Å²) < 4.78 is 27.4. The Morgan fingerprint density at radius 1 is 1.09 bits per heavy atom. The minimum absolute atomic E-state index is 0.262. The minimum atomic E-state index is -3.58. The number of nitrogens with one attached hydrogen (secondary N) is 1. The summed E-state index contributed by atoms with van der Waals surface area (Å²) in [4.78, 5) is 6.90. The van der Waals surface area contributed by atoms with Crippen LogP contribution in [0.15, 0.2) is 47.5 Å². The number of hydrogen-bond acceptors (Lipinski definition) is 4. The maximum Gasteiger partial charge on any atom is 0.261 e. The van der Waals surface area contributed by atoms with Gasteiger partial charge in [0.1, 0.15) is 5.82 Å². The highest BCUT2D eigenvalue weighted by atomic mass is 32.2. The summed E-state index contributed by atoms with van der Waals surface area (Å²) in [7, 11) is -3.58. The molecule has 122 valence electrons. The highest BCUT2D eigenvalue weighted by Gasteiger charge is 2.15. The molecular formula is C17H21N3O2S. The molecule has 0 aliphatic carbocycles. The quantitative estimate of drug-likeness (QED) is 0.934. The molecule has 0 unspecified atom stereocenters. The summed E-state index contributed by atoms with van der Waals surface area (Å²) in [5.74, 6) is 0.906. The number of piperidine rings is 1. The third-order valence-electron chi connectivity index (χ3n) is 3.98. The number of aryl methyl sites for hydroxylation is 1. The summed E-state index contributed by atoms with van der Waals surface area (Å²) in [5, 5.41) is 0. The second kappa shape index (κ2) is 6.58. The van der Waals surface area contributed by atoms with Crippen molar-refractivity contribution in [1.29, 1.82) is 0 Å². The Hall–Kier alpha value is -2.08. The van der Waals surface area contributed by atoms with Crippen molar-refractivity contribution in [3.63, 3.8) is 0 Å². The van der Waals surface area contributed by atoms with Crippen LogP contribution >= 0.6 is 0 Å². The SMILES string of the molecule is Cc1cccc(S(=O)(=O)Nc2ccc(N3CCCCC3)nc2)c1. The third-order valence-corrected chi connectivity index (χ3v) is 5.36. The van der Waals surface area contributed by atoms with E-state index in [0.717, 1.165) is 24.5 Å². The Kier molecular flexibility index (Phi) is 4.52. The molecule has 2 aromatic rings. The monoisotopic (exact) mass is 331 g/mol. The highest BCUT2D eigenvalue weighted by molar-refractivity contribution is 7.92. The van der Waals surface area contributed by atoms with Gasteiger partial charge in [-0.25, -0.2) is 13.4 Å². The van der Waals surface area contributed by atoms with Gasteiger partial charge in [0.2, 0.25) is 0 Å². The summed E-state index contributed by atoms with van der Waals surface area (Å²) in [6.45, 7) is 3.90. The Balaban J connectivity index is 1.75. The van der Waals surface area contributed by atoms with Crippen molar-refractivity contribution in [3.8, 4) is 0 Å². The zero-order valence-electron chi connectivity index (χ0n) is 13.2. The van der Waals surface area contributed by atoms with Crippen LogP contribution in [0.2, 0.25) is 0 Å². The minimum Gasteiger partial charge on any atom is -0.357 e. The van der Waals surface area contributed by atoms with Gasteiger partial charge in [-0.1, -0.05) is 12.1 Å². The molecule has 6 heteroatoms. The smallest absolute Gasteiger partial charge is 0.261 e. The van der Waals surface area contributed by atoms with Gasteiger partial charge in [-0.05, 0) is 56.0 Å². The summed E-state index contributed by atoms with van der Waals surface area (Å²) in [6.07, 6.45) is 5.22. The van der Waals surface area contributed by atoms with E-state index >= 15 is 0 Å². The average molecular weight is 331 g/mol. The molecule has 1 aromatic carbocycles. The molecule has 1 N–H and O–H groups in total. The third kappa shape index (κ3) is 3.82. The first-order chi connectivity index (χ1) is 11.0. The van der Waals surface area contributed by atoms with Crippen molar-refractivity contribution in [1.82, 2.24) is 4.98 Å². The first-order valence-corrected chi connectivity index (χ1v) is 9.33. The first kappa shape index (κ1) is 15.8. The number of rotatable bonds is 4. The highest BCUT2D eigenvalue weighted by Crippen LogP contribution is 2.21. The molecule has 1 aliphatic rings. The van der Waals surface area contributed by atoms with Crippen LogP contribution in [0.3, 0.4) is 0 Å². The lowest BCUT2D eigenvalue weighted by Crippen LogP contribution is -2.30. The van der Waals surface area contributed by atoms with Gasteiger partial charge >= 0.3 is 0 Å². The van der Waals surface area contributed by atoms with Crippen LogP contribution in [0.25, 0.3) is 0 Å². The maximum absolute atomic E-state index is 12.4. The van der Waals surface area contributed by atoms with Crippen molar-refractivity contribution in [2.45, 2.75) is 31.1 Å². The molecule has 3 rings (SSSR count). The van der Waals surface area contributed by atoms with E-state index in [-0.39, 0.29) is 4.90 Å². The molecule has 23 heavy (non-hydrogen) atoms. The van der Waals surface area contributed by atoms with Crippen molar-refractivity contribution in [2.75, 3.05) is 22.7 Å². The molecule has 0 amide bonds. The van der Waals surface area contributed by atoms with E-state index in [1.807, 2.05) is 19.1 Å². The van der Waals surface area contributed by atoms with Crippen LogP contribution in [-0.2, 0) is 10.0 Å². The molecule has 0 radical (unpaired) electrons. The predicted molar refractivity (Wildman–Crippen MR) is 92.3 cm³/mol. The van der Waals surface area contributed by atoms with Crippen LogP contribution in [0.4, 0.5) is 11.5 Å². The molecule has 0 saturated carbocycles. The molecular weight excluding hydrogens is 310 g/mol. The van der Waals surface area contributed by atoms with Crippen molar-refractivity contribution in [3.05, 3.63) is 48.2 Å². The Labute approximate surface area is 137 Å². The Bertz CT molecular complexity index is 767. The second-order valence-electron chi connectivity index (χ2n) is 5.87. The number of hydrogen-bond donors (Lipinski definition) is 1. The average Bonchev–Trinajstić information content (AvgIpc) is 2.56. The number of anilines is 2. The van der Waals surface area contributed by atoms with E-state index in [4.69, 9.17) is 0 Å². The lowest BCUT2D eigenvalue weighted by Gasteiger charge is -2.27. The van der Waals surface area contributed by atoms with Gasteiger partial charge in [-0.3, -0.25) is 4.72 Å². The van der Waals surface area contributed by atoms with E-state index in [1.165, 1.54) is 19.3 Å².